The SMILES string of the molecule is CC1(c2noc(CC3CNc4ccccc43)n2)CC1. The van der Waals surface area contributed by atoms with Crippen molar-refractivity contribution < 1.29 is 4.52 Å². The van der Waals surface area contributed by atoms with Gasteiger partial charge in [-0.3, -0.25) is 0 Å². The average molecular weight is 255 g/mol. The number of benzene rings is 1. The molecule has 1 aliphatic carbocycles. The molecular formula is C15H17N3O. The fourth-order valence-corrected chi connectivity index (χ4v) is 2.74. The molecule has 2 aromatic rings. The van der Waals surface area contributed by atoms with Crippen molar-refractivity contribution in [1.82, 2.24) is 10.1 Å². The number of anilines is 1. The number of nitrogens with zero attached hydrogens (tertiary/aromatic N) is 2. The van der Waals surface area contributed by atoms with E-state index in [4.69, 9.17) is 4.52 Å². The first kappa shape index (κ1) is 11.0. The van der Waals surface area contributed by atoms with E-state index in [0.29, 0.717) is 5.92 Å². The van der Waals surface area contributed by atoms with Crippen LogP contribution in [0, 0.1) is 0 Å². The summed E-state index contributed by atoms with van der Waals surface area (Å²) in [5, 5.41) is 7.57. The fourth-order valence-electron chi connectivity index (χ4n) is 2.74. The van der Waals surface area contributed by atoms with Crippen molar-refractivity contribution in [2.45, 2.75) is 37.5 Å². The lowest BCUT2D eigenvalue weighted by molar-refractivity contribution is 0.363. The second-order valence-corrected chi connectivity index (χ2v) is 5.94. The van der Waals surface area contributed by atoms with Crippen LogP contribution in [0.25, 0.3) is 0 Å². The van der Waals surface area contributed by atoms with E-state index in [2.05, 4.69) is 46.6 Å². The van der Waals surface area contributed by atoms with Crippen LogP contribution in [-0.2, 0) is 11.8 Å². The molecule has 1 atom stereocenters. The predicted octanol–water partition coefficient (Wildman–Crippen LogP) is 2.87. The Balaban J connectivity index is 1.55. The van der Waals surface area contributed by atoms with Gasteiger partial charge < -0.3 is 9.84 Å². The first-order valence-electron chi connectivity index (χ1n) is 6.90. The highest BCUT2D eigenvalue weighted by atomic mass is 16.5. The molecule has 1 aliphatic heterocycles. The minimum Gasteiger partial charge on any atom is -0.384 e. The quantitative estimate of drug-likeness (QED) is 0.916. The molecule has 2 aliphatic rings. The first-order valence-corrected chi connectivity index (χ1v) is 6.90. The number of aromatic nitrogens is 2. The highest BCUT2D eigenvalue weighted by Gasteiger charge is 2.43. The van der Waals surface area contributed by atoms with Crippen LogP contribution in [0.2, 0.25) is 0 Å². The maximum atomic E-state index is 5.42. The maximum absolute atomic E-state index is 5.42. The third-order valence-corrected chi connectivity index (χ3v) is 4.37. The van der Waals surface area contributed by atoms with Crippen molar-refractivity contribution in [2.75, 3.05) is 11.9 Å². The number of fused-ring (bicyclic) bond motifs is 1. The van der Waals surface area contributed by atoms with Crippen LogP contribution >= 0.6 is 0 Å². The highest BCUT2D eigenvalue weighted by Crippen LogP contribution is 2.46. The van der Waals surface area contributed by atoms with Crippen molar-refractivity contribution in [3.8, 4) is 0 Å². The lowest BCUT2D eigenvalue weighted by Crippen LogP contribution is -2.07. The van der Waals surface area contributed by atoms with Crippen LogP contribution in [0.5, 0.6) is 0 Å². The molecule has 0 saturated heterocycles. The Morgan fingerprint density at radius 1 is 1.37 bits per heavy atom. The van der Waals surface area contributed by atoms with Gasteiger partial charge in [0.05, 0.1) is 0 Å². The Labute approximate surface area is 112 Å². The smallest absolute Gasteiger partial charge is 0.227 e. The summed E-state index contributed by atoms with van der Waals surface area (Å²) in [6.07, 6.45) is 3.19. The summed E-state index contributed by atoms with van der Waals surface area (Å²) in [6.45, 7) is 3.16. The van der Waals surface area contributed by atoms with Gasteiger partial charge in [0.2, 0.25) is 5.89 Å². The maximum Gasteiger partial charge on any atom is 0.227 e. The van der Waals surface area contributed by atoms with E-state index in [-0.39, 0.29) is 5.41 Å². The Bertz CT molecular complexity index is 615. The van der Waals surface area contributed by atoms with Crippen LogP contribution in [-0.4, -0.2) is 16.7 Å². The molecule has 1 unspecified atom stereocenters. The Morgan fingerprint density at radius 3 is 3.05 bits per heavy atom. The number of rotatable bonds is 3. The third kappa shape index (κ3) is 1.82. The lowest BCUT2D eigenvalue weighted by atomic mass is 9.98. The van der Waals surface area contributed by atoms with Gasteiger partial charge in [-0.25, -0.2) is 0 Å². The second kappa shape index (κ2) is 3.83. The van der Waals surface area contributed by atoms with Gasteiger partial charge in [-0.1, -0.05) is 30.3 Å². The summed E-state index contributed by atoms with van der Waals surface area (Å²) >= 11 is 0. The molecule has 0 radical (unpaired) electrons. The molecule has 0 amide bonds. The molecule has 19 heavy (non-hydrogen) atoms. The zero-order valence-electron chi connectivity index (χ0n) is 11.0. The van der Waals surface area contributed by atoms with E-state index in [1.54, 1.807) is 0 Å². The second-order valence-electron chi connectivity index (χ2n) is 5.94. The Morgan fingerprint density at radius 2 is 2.21 bits per heavy atom. The van der Waals surface area contributed by atoms with E-state index in [1.807, 2.05) is 0 Å². The van der Waals surface area contributed by atoms with Crippen LogP contribution in [0.15, 0.2) is 28.8 Å². The lowest BCUT2D eigenvalue weighted by Gasteiger charge is -2.06. The van der Waals surface area contributed by atoms with Crippen LogP contribution in [0.3, 0.4) is 0 Å². The Kier molecular flexibility index (Phi) is 2.22. The van der Waals surface area contributed by atoms with Gasteiger partial charge >= 0.3 is 0 Å². The molecule has 98 valence electrons. The third-order valence-electron chi connectivity index (χ3n) is 4.37. The molecule has 2 heterocycles. The minimum atomic E-state index is 0.188. The van der Waals surface area contributed by atoms with E-state index >= 15 is 0 Å². The molecule has 4 rings (SSSR count). The zero-order chi connectivity index (χ0) is 12.9. The van der Waals surface area contributed by atoms with Gasteiger partial charge in [0.1, 0.15) is 0 Å². The summed E-state index contributed by atoms with van der Waals surface area (Å²) in [6, 6.07) is 8.45. The molecular weight excluding hydrogens is 238 g/mol. The molecule has 0 spiro atoms. The van der Waals surface area contributed by atoms with Crippen molar-refractivity contribution in [2.24, 2.45) is 0 Å². The van der Waals surface area contributed by atoms with Gasteiger partial charge in [0.25, 0.3) is 0 Å². The van der Waals surface area contributed by atoms with E-state index in [1.165, 1.54) is 24.1 Å². The molecule has 1 saturated carbocycles. The van der Waals surface area contributed by atoms with Gasteiger partial charge in [-0.05, 0) is 24.5 Å². The van der Waals surface area contributed by atoms with Gasteiger partial charge in [-0.2, -0.15) is 4.98 Å². The van der Waals surface area contributed by atoms with Crippen LogP contribution in [0.1, 0.15) is 43.0 Å². The minimum absolute atomic E-state index is 0.188. The summed E-state index contributed by atoms with van der Waals surface area (Å²) in [4.78, 5) is 4.57. The molecule has 1 fully saturated rings. The number of hydrogen-bond donors (Lipinski definition) is 1. The topological polar surface area (TPSA) is 51.0 Å². The Hall–Kier alpha value is -1.84. The molecule has 4 nitrogen and oxygen atoms in total. The fraction of sp³-hybridized carbons (Fsp3) is 0.467. The zero-order valence-corrected chi connectivity index (χ0v) is 11.0. The summed E-state index contributed by atoms with van der Waals surface area (Å²) in [5.74, 6) is 2.10. The summed E-state index contributed by atoms with van der Waals surface area (Å²) in [7, 11) is 0. The standard InChI is InChI=1S/C15H17N3O/c1-15(6-7-15)14-17-13(19-18-14)8-10-9-16-12-5-3-2-4-11(10)12/h2-5,10,16H,6-9H2,1H3. The normalized spacial score (nSPS) is 22.9. The average Bonchev–Trinajstić information content (AvgIpc) is 2.89. The van der Waals surface area contributed by atoms with Crippen molar-refractivity contribution in [1.29, 1.82) is 0 Å². The number of hydrogen-bond acceptors (Lipinski definition) is 4. The largest absolute Gasteiger partial charge is 0.384 e. The number of para-hydroxylation sites is 1. The van der Waals surface area contributed by atoms with Crippen LogP contribution < -0.4 is 5.32 Å². The molecule has 1 aromatic carbocycles. The number of nitrogens with one attached hydrogen (secondary N) is 1. The van der Waals surface area contributed by atoms with E-state index in [0.717, 1.165) is 24.7 Å². The monoisotopic (exact) mass is 255 g/mol. The van der Waals surface area contributed by atoms with Crippen LogP contribution in [0.4, 0.5) is 5.69 Å². The summed E-state index contributed by atoms with van der Waals surface area (Å²) in [5.41, 5.74) is 2.79. The van der Waals surface area contributed by atoms with Crippen molar-refractivity contribution in [3.63, 3.8) is 0 Å². The van der Waals surface area contributed by atoms with Gasteiger partial charge in [-0.15, -0.1) is 0 Å². The molecule has 1 aromatic heterocycles. The highest BCUT2D eigenvalue weighted by molar-refractivity contribution is 5.57. The van der Waals surface area contributed by atoms with Gasteiger partial charge in [0, 0.05) is 30.0 Å². The predicted molar refractivity (Wildman–Crippen MR) is 72.3 cm³/mol. The molecule has 4 heteroatoms. The molecule has 1 N–H and O–H groups in total. The van der Waals surface area contributed by atoms with Crippen molar-refractivity contribution in [3.05, 3.63) is 41.5 Å². The van der Waals surface area contributed by atoms with Crippen molar-refractivity contribution >= 4 is 5.69 Å². The van der Waals surface area contributed by atoms with Gasteiger partial charge in [0.15, 0.2) is 5.82 Å². The molecule has 0 bridgehead atoms. The first-order chi connectivity index (χ1) is 9.24. The van der Waals surface area contributed by atoms with E-state index in [9.17, 15) is 0 Å². The van der Waals surface area contributed by atoms with E-state index < -0.39 is 0 Å². The summed E-state index contributed by atoms with van der Waals surface area (Å²) < 4.78 is 5.42.